The van der Waals surface area contributed by atoms with Crippen molar-refractivity contribution in [1.82, 2.24) is 0 Å². The molecular weight excluding hydrogens is 422 g/mol. The summed E-state index contributed by atoms with van der Waals surface area (Å²) in [7, 11) is -4.31. The molecule has 30 heavy (non-hydrogen) atoms. The van der Waals surface area contributed by atoms with Crippen molar-refractivity contribution in [2.45, 2.75) is 116 Å². The summed E-state index contributed by atoms with van der Waals surface area (Å²) in [4.78, 5) is 0. The van der Waals surface area contributed by atoms with Crippen molar-refractivity contribution in [2.75, 3.05) is 0 Å². The van der Waals surface area contributed by atoms with Crippen molar-refractivity contribution >= 4 is 16.5 Å². The lowest BCUT2D eigenvalue weighted by atomic mass is 9.81. The van der Waals surface area contributed by atoms with E-state index >= 15 is 0 Å². The van der Waals surface area contributed by atoms with Gasteiger partial charge < -0.3 is 0 Å². The minimum absolute atomic E-state index is 0.000324. The first-order chi connectivity index (χ1) is 14.3. The molecule has 0 bridgehead atoms. The summed E-state index contributed by atoms with van der Waals surface area (Å²) < 4.78 is 48.2. The van der Waals surface area contributed by atoms with Crippen molar-refractivity contribution < 1.29 is 27.2 Å². The average Bonchev–Trinajstić information content (AvgIpc) is 2.68. The fourth-order valence-electron chi connectivity index (χ4n) is 5.50. The van der Waals surface area contributed by atoms with Crippen LogP contribution in [0.1, 0.15) is 91.9 Å². The van der Waals surface area contributed by atoms with Gasteiger partial charge in [-0.2, -0.15) is 0 Å². The first-order valence-electron chi connectivity index (χ1n) is 11.9. The minimum Gasteiger partial charge on any atom is -0.116 e. The van der Waals surface area contributed by atoms with Gasteiger partial charge in [-0.3, -0.25) is 0 Å². The van der Waals surface area contributed by atoms with E-state index < -0.39 is 16.5 Å². The second-order valence-corrected chi connectivity index (χ2v) is 11.7. The Morgan fingerprint density at radius 1 is 0.533 bits per heavy atom. The number of hydrogen-bond donors (Lipinski definition) is 0. The first kappa shape index (κ1) is 24.7. The largest absolute Gasteiger partial charge is 0.697 e. The van der Waals surface area contributed by atoms with Gasteiger partial charge >= 0.3 is 16.5 Å². The van der Waals surface area contributed by atoms with Gasteiger partial charge in [0, 0.05) is 15.6 Å². The lowest BCUT2D eigenvalue weighted by molar-refractivity contribution is 0.0101. The van der Waals surface area contributed by atoms with E-state index in [1.807, 2.05) is 0 Å². The zero-order valence-corrected chi connectivity index (χ0v) is 20.8. The second kappa shape index (κ2) is 11.8. The summed E-state index contributed by atoms with van der Waals surface area (Å²) in [6.45, 7) is 8.66. The highest BCUT2D eigenvalue weighted by Gasteiger charge is 2.43. The Bertz CT molecular complexity index is 520. The van der Waals surface area contributed by atoms with Gasteiger partial charge in [0.25, 0.3) is 0 Å². The molecule has 3 aliphatic rings. The van der Waals surface area contributed by atoms with E-state index in [0.29, 0.717) is 30.1 Å². The molecule has 0 aromatic carbocycles. The first-order valence-corrected chi connectivity index (χ1v) is 14.1. The maximum atomic E-state index is 12.5. The summed E-state index contributed by atoms with van der Waals surface area (Å²) in [6.07, 6.45) is 9.64. The fraction of sp³-hybridized carbons (Fsp3) is 1.00. The fourth-order valence-corrected chi connectivity index (χ4v) is 7.70. The highest BCUT2D eigenvalue weighted by molar-refractivity contribution is 7.33. The van der Waals surface area contributed by atoms with E-state index in [1.165, 1.54) is 12.8 Å². The molecule has 0 heterocycles. The average molecular weight is 463 g/mol. The lowest BCUT2D eigenvalue weighted by Crippen LogP contribution is -2.32. The maximum absolute atomic E-state index is 12.5. The van der Waals surface area contributed by atoms with Gasteiger partial charge in [0.2, 0.25) is 0 Å². The summed E-state index contributed by atoms with van der Waals surface area (Å²) in [5.41, 5.74) is 0. The molecule has 0 spiro atoms. The van der Waals surface area contributed by atoms with Gasteiger partial charge in [0.15, 0.2) is 0 Å². The molecule has 3 rings (SSSR count). The van der Waals surface area contributed by atoms with Crippen LogP contribution in [0.3, 0.4) is 0 Å². The van der Waals surface area contributed by atoms with Crippen molar-refractivity contribution in [1.29, 1.82) is 0 Å². The van der Waals surface area contributed by atoms with Crippen LogP contribution in [0.4, 0.5) is 0 Å². The van der Waals surface area contributed by atoms with Crippen molar-refractivity contribution in [2.24, 2.45) is 23.7 Å². The molecule has 8 heteroatoms. The SMILES string of the molecule is CC1CCCC(C)C1O[P+](=O)OC1CCCC(O[P+](=O)OC2C(C)CCCC2C)C1. The molecule has 8 atom stereocenters. The third kappa shape index (κ3) is 7.02. The Hall–Kier alpha value is 0.0400. The molecule has 0 aliphatic heterocycles. The number of rotatable bonds is 8. The Labute approximate surface area is 184 Å². The van der Waals surface area contributed by atoms with Crippen LogP contribution in [0.2, 0.25) is 0 Å². The van der Waals surface area contributed by atoms with Gasteiger partial charge in [-0.05, 0) is 68.6 Å². The van der Waals surface area contributed by atoms with E-state index in [4.69, 9.17) is 18.1 Å². The normalized spacial score (nSPS) is 41.3. The van der Waals surface area contributed by atoms with Gasteiger partial charge in [0.05, 0.1) is 0 Å². The van der Waals surface area contributed by atoms with Crippen molar-refractivity contribution in [3.05, 3.63) is 0 Å². The third-order valence-corrected chi connectivity index (χ3v) is 9.12. The predicted octanol–water partition coefficient (Wildman–Crippen LogP) is 7.33. The topological polar surface area (TPSA) is 71.1 Å². The van der Waals surface area contributed by atoms with Crippen LogP contribution < -0.4 is 0 Å². The third-order valence-electron chi connectivity index (χ3n) is 7.35. The van der Waals surface area contributed by atoms with Gasteiger partial charge in [-0.1, -0.05) is 40.5 Å². The smallest absolute Gasteiger partial charge is 0.116 e. The summed E-state index contributed by atoms with van der Waals surface area (Å²) in [5.74, 6) is 1.63. The Kier molecular flexibility index (Phi) is 9.68. The van der Waals surface area contributed by atoms with Gasteiger partial charge in [-0.15, -0.1) is 18.1 Å². The maximum Gasteiger partial charge on any atom is 0.697 e. The van der Waals surface area contributed by atoms with E-state index in [1.54, 1.807) is 0 Å². The van der Waals surface area contributed by atoms with Crippen molar-refractivity contribution in [3.8, 4) is 0 Å². The van der Waals surface area contributed by atoms with E-state index in [9.17, 15) is 9.13 Å². The van der Waals surface area contributed by atoms with Gasteiger partial charge in [0.1, 0.15) is 24.4 Å². The van der Waals surface area contributed by atoms with Crippen LogP contribution in [0.15, 0.2) is 0 Å². The zero-order chi connectivity index (χ0) is 21.7. The Morgan fingerprint density at radius 3 is 1.23 bits per heavy atom. The quantitative estimate of drug-likeness (QED) is 0.352. The highest BCUT2D eigenvalue weighted by Crippen LogP contribution is 2.43. The lowest BCUT2D eigenvalue weighted by Gasteiger charge is -2.30. The molecule has 172 valence electrons. The Balaban J connectivity index is 1.43. The molecule has 3 saturated carbocycles. The second-order valence-electron chi connectivity index (χ2n) is 9.98. The van der Waals surface area contributed by atoms with Crippen LogP contribution >= 0.6 is 16.5 Å². The van der Waals surface area contributed by atoms with Crippen LogP contribution in [-0.2, 0) is 27.2 Å². The molecule has 8 unspecified atom stereocenters. The zero-order valence-electron chi connectivity index (χ0n) is 19.0. The summed E-state index contributed by atoms with van der Waals surface area (Å²) in [5, 5.41) is 0. The molecule has 0 N–H and O–H groups in total. The molecule has 0 radical (unpaired) electrons. The standard InChI is InChI=1S/C22H40O6P2/c1-15-8-5-9-16(2)21(15)27-29(23)25-19-12-7-13-20(14-19)26-30(24)28-22-17(3)10-6-11-18(22)4/h15-22H,5-14H2,1-4H3/q+2. The molecular formula is C22H40O6P2+2. The Morgan fingerprint density at radius 2 is 0.867 bits per heavy atom. The van der Waals surface area contributed by atoms with E-state index in [2.05, 4.69) is 27.7 Å². The molecule has 3 aliphatic carbocycles. The van der Waals surface area contributed by atoms with Crippen molar-refractivity contribution in [3.63, 3.8) is 0 Å². The van der Waals surface area contributed by atoms with Crippen LogP contribution in [0.5, 0.6) is 0 Å². The highest BCUT2D eigenvalue weighted by atomic mass is 31.1. The molecule has 3 fully saturated rings. The summed E-state index contributed by atoms with van der Waals surface area (Å²) >= 11 is 0. The molecule has 0 aromatic rings. The van der Waals surface area contributed by atoms with Gasteiger partial charge in [-0.25, -0.2) is 0 Å². The molecule has 0 amide bonds. The molecule has 6 nitrogen and oxygen atoms in total. The monoisotopic (exact) mass is 462 g/mol. The minimum atomic E-state index is -2.15. The van der Waals surface area contributed by atoms with Crippen LogP contribution in [-0.4, -0.2) is 24.4 Å². The van der Waals surface area contributed by atoms with E-state index in [-0.39, 0.29) is 24.4 Å². The summed E-state index contributed by atoms with van der Waals surface area (Å²) in [6, 6.07) is 0. The van der Waals surface area contributed by atoms with E-state index in [0.717, 1.165) is 44.9 Å². The number of hydrogen-bond acceptors (Lipinski definition) is 6. The van der Waals surface area contributed by atoms with Crippen LogP contribution in [0.25, 0.3) is 0 Å². The molecule has 0 aromatic heterocycles. The predicted molar refractivity (Wildman–Crippen MR) is 118 cm³/mol. The van der Waals surface area contributed by atoms with Crippen LogP contribution in [0, 0.1) is 23.7 Å². The molecule has 0 saturated heterocycles.